The van der Waals surface area contributed by atoms with Crippen LogP contribution in [0, 0.1) is 6.92 Å². The summed E-state index contributed by atoms with van der Waals surface area (Å²) in [7, 11) is 0. The highest BCUT2D eigenvalue weighted by atomic mass is 35.5. The lowest BCUT2D eigenvalue weighted by Crippen LogP contribution is -2.04. The van der Waals surface area contributed by atoms with Crippen molar-refractivity contribution >= 4 is 29.2 Å². The quantitative estimate of drug-likeness (QED) is 0.625. The predicted octanol–water partition coefficient (Wildman–Crippen LogP) is 4.91. The highest BCUT2D eigenvalue weighted by molar-refractivity contribution is 6.43. The summed E-state index contributed by atoms with van der Waals surface area (Å²) in [6, 6.07) is 10.0. The Bertz CT molecular complexity index is 853. The molecule has 0 saturated heterocycles. The van der Waals surface area contributed by atoms with E-state index in [-0.39, 0.29) is 12.4 Å². The van der Waals surface area contributed by atoms with E-state index in [2.05, 4.69) is 5.16 Å². The van der Waals surface area contributed by atoms with Gasteiger partial charge in [0.05, 0.1) is 10.0 Å². The third kappa shape index (κ3) is 3.41. The van der Waals surface area contributed by atoms with E-state index in [0.717, 1.165) is 0 Å². The smallest absolute Gasteiger partial charge is 0.374 e. The molecule has 2 heterocycles. The van der Waals surface area contributed by atoms with Crippen LogP contribution >= 0.6 is 23.2 Å². The van der Waals surface area contributed by atoms with Crippen molar-refractivity contribution in [1.29, 1.82) is 0 Å². The van der Waals surface area contributed by atoms with Crippen molar-refractivity contribution in [3.63, 3.8) is 0 Å². The Morgan fingerprint density at radius 3 is 2.83 bits per heavy atom. The lowest BCUT2D eigenvalue weighted by atomic mass is 10.2. The van der Waals surface area contributed by atoms with Gasteiger partial charge in [-0.05, 0) is 31.2 Å². The van der Waals surface area contributed by atoms with Crippen LogP contribution < -0.4 is 0 Å². The minimum absolute atomic E-state index is 0.00410. The SMILES string of the molecule is Cc1cc(COC(=O)c2ccc(-c3cccc(Cl)c3Cl)o2)no1. The van der Waals surface area contributed by atoms with Gasteiger partial charge < -0.3 is 13.7 Å². The average molecular weight is 352 g/mol. The number of hydrogen-bond donors (Lipinski definition) is 0. The molecule has 0 aliphatic carbocycles. The van der Waals surface area contributed by atoms with E-state index in [1.807, 2.05) is 0 Å². The number of hydrogen-bond acceptors (Lipinski definition) is 5. The van der Waals surface area contributed by atoms with E-state index in [0.29, 0.717) is 32.8 Å². The molecule has 0 spiro atoms. The number of esters is 1. The molecule has 0 aliphatic rings. The second-order valence-electron chi connectivity index (χ2n) is 4.77. The van der Waals surface area contributed by atoms with Crippen molar-refractivity contribution in [3.05, 3.63) is 63.7 Å². The second kappa shape index (κ2) is 6.48. The van der Waals surface area contributed by atoms with Crippen LogP contribution in [-0.2, 0) is 11.3 Å². The maximum absolute atomic E-state index is 12.0. The molecule has 0 atom stereocenters. The molecule has 0 radical (unpaired) electrons. The predicted molar refractivity (Wildman–Crippen MR) is 84.5 cm³/mol. The highest BCUT2D eigenvalue weighted by Gasteiger charge is 2.16. The van der Waals surface area contributed by atoms with Gasteiger partial charge in [-0.1, -0.05) is 34.4 Å². The average Bonchev–Trinajstić information content (AvgIpc) is 3.17. The fraction of sp³-hybridized carbons (Fsp3) is 0.125. The van der Waals surface area contributed by atoms with Crippen LogP contribution in [0.1, 0.15) is 22.0 Å². The first-order valence-corrected chi connectivity index (χ1v) is 7.43. The third-order valence-electron chi connectivity index (χ3n) is 3.05. The zero-order valence-corrected chi connectivity index (χ0v) is 13.5. The van der Waals surface area contributed by atoms with Gasteiger partial charge >= 0.3 is 5.97 Å². The minimum Gasteiger partial charge on any atom is -0.453 e. The Morgan fingerprint density at radius 1 is 1.26 bits per heavy atom. The van der Waals surface area contributed by atoms with Crippen molar-refractivity contribution in [2.45, 2.75) is 13.5 Å². The molecular formula is C16H11Cl2NO4. The van der Waals surface area contributed by atoms with E-state index in [4.69, 9.17) is 36.9 Å². The Labute approximate surface area is 141 Å². The van der Waals surface area contributed by atoms with Crippen LogP contribution in [0.15, 0.2) is 45.3 Å². The summed E-state index contributed by atoms with van der Waals surface area (Å²) in [5.74, 6) is 0.542. The number of aromatic nitrogens is 1. The van der Waals surface area contributed by atoms with Gasteiger partial charge in [0.2, 0.25) is 5.76 Å². The lowest BCUT2D eigenvalue weighted by molar-refractivity contribution is 0.0428. The van der Waals surface area contributed by atoms with E-state index in [9.17, 15) is 4.79 Å². The van der Waals surface area contributed by atoms with Gasteiger partial charge in [-0.3, -0.25) is 0 Å². The molecule has 3 aromatic rings. The molecule has 0 amide bonds. The minimum atomic E-state index is -0.602. The van der Waals surface area contributed by atoms with Gasteiger partial charge in [0.25, 0.3) is 0 Å². The number of carbonyl (C=O) groups excluding carboxylic acids is 1. The van der Waals surface area contributed by atoms with Gasteiger partial charge in [0, 0.05) is 11.6 Å². The van der Waals surface area contributed by atoms with Gasteiger partial charge in [0.15, 0.2) is 0 Å². The van der Waals surface area contributed by atoms with E-state index < -0.39 is 5.97 Å². The number of benzene rings is 1. The maximum Gasteiger partial charge on any atom is 0.374 e. The van der Waals surface area contributed by atoms with Gasteiger partial charge in [0.1, 0.15) is 23.8 Å². The third-order valence-corrected chi connectivity index (χ3v) is 3.87. The van der Waals surface area contributed by atoms with E-state index in [1.54, 1.807) is 37.3 Å². The summed E-state index contributed by atoms with van der Waals surface area (Å²) < 4.78 is 15.5. The zero-order valence-electron chi connectivity index (χ0n) is 12.0. The maximum atomic E-state index is 12.0. The summed E-state index contributed by atoms with van der Waals surface area (Å²) in [6.45, 7) is 1.76. The molecule has 0 bridgehead atoms. The second-order valence-corrected chi connectivity index (χ2v) is 5.56. The topological polar surface area (TPSA) is 65.5 Å². The summed E-state index contributed by atoms with van der Waals surface area (Å²) in [5.41, 5.74) is 1.13. The largest absolute Gasteiger partial charge is 0.453 e. The van der Waals surface area contributed by atoms with Gasteiger partial charge in [-0.15, -0.1) is 0 Å². The van der Waals surface area contributed by atoms with Crippen LogP contribution in [-0.4, -0.2) is 11.1 Å². The first-order valence-electron chi connectivity index (χ1n) is 6.68. The Morgan fingerprint density at radius 2 is 2.09 bits per heavy atom. The van der Waals surface area contributed by atoms with Crippen LogP contribution in [0.3, 0.4) is 0 Å². The molecule has 0 fully saturated rings. The first-order chi connectivity index (χ1) is 11.0. The standard InChI is InChI=1S/C16H11Cl2NO4/c1-9-7-10(19-23-9)8-21-16(20)14-6-5-13(22-14)11-3-2-4-12(17)15(11)18/h2-7H,8H2,1H3. The number of nitrogens with zero attached hydrogens (tertiary/aromatic N) is 1. The molecule has 2 aromatic heterocycles. The van der Waals surface area contributed by atoms with E-state index in [1.165, 1.54) is 6.07 Å². The molecule has 7 heteroatoms. The molecule has 0 N–H and O–H groups in total. The van der Waals surface area contributed by atoms with Crippen LogP contribution in [0.2, 0.25) is 10.0 Å². The molecule has 118 valence electrons. The highest BCUT2D eigenvalue weighted by Crippen LogP contribution is 2.34. The van der Waals surface area contributed by atoms with Gasteiger partial charge in [-0.2, -0.15) is 0 Å². The molecule has 0 saturated carbocycles. The fourth-order valence-corrected chi connectivity index (χ4v) is 2.38. The number of halogens is 2. The summed E-state index contributed by atoms with van der Waals surface area (Å²) in [4.78, 5) is 12.0. The molecule has 1 aromatic carbocycles. The zero-order chi connectivity index (χ0) is 16.4. The van der Waals surface area contributed by atoms with Crippen LogP contribution in [0.5, 0.6) is 0 Å². The summed E-state index contributed by atoms with van der Waals surface area (Å²) >= 11 is 12.1. The Hall–Kier alpha value is -2.24. The summed E-state index contributed by atoms with van der Waals surface area (Å²) in [6.07, 6.45) is 0. The molecule has 23 heavy (non-hydrogen) atoms. The van der Waals surface area contributed by atoms with Crippen LogP contribution in [0.25, 0.3) is 11.3 Å². The molecule has 0 aliphatic heterocycles. The van der Waals surface area contributed by atoms with Crippen molar-refractivity contribution in [3.8, 4) is 11.3 Å². The van der Waals surface area contributed by atoms with Crippen molar-refractivity contribution < 1.29 is 18.5 Å². The molecule has 3 rings (SSSR count). The van der Waals surface area contributed by atoms with Crippen LogP contribution in [0.4, 0.5) is 0 Å². The molecular weight excluding hydrogens is 341 g/mol. The monoisotopic (exact) mass is 351 g/mol. The first kappa shape index (κ1) is 15.6. The number of ether oxygens (including phenoxy) is 1. The lowest BCUT2D eigenvalue weighted by Gasteiger charge is -2.02. The van der Waals surface area contributed by atoms with Crippen molar-refractivity contribution in [1.82, 2.24) is 5.16 Å². The Balaban J connectivity index is 1.73. The summed E-state index contributed by atoms with van der Waals surface area (Å²) in [5, 5.41) is 4.51. The van der Waals surface area contributed by atoms with E-state index >= 15 is 0 Å². The fourth-order valence-electron chi connectivity index (χ4n) is 1.98. The number of furan rings is 1. The van der Waals surface area contributed by atoms with Gasteiger partial charge in [-0.25, -0.2) is 4.79 Å². The number of rotatable bonds is 4. The normalized spacial score (nSPS) is 10.7. The Kier molecular flexibility index (Phi) is 4.41. The number of aryl methyl sites for hydroxylation is 1. The number of carbonyl (C=O) groups is 1. The van der Waals surface area contributed by atoms with Crippen molar-refractivity contribution in [2.24, 2.45) is 0 Å². The van der Waals surface area contributed by atoms with Crippen molar-refractivity contribution in [2.75, 3.05) is 0 Å². The molecule has 5 nitrogen and oxygen atoms in total. The molecule has 0 unspecified atom stereocenters.